The summed E-state index contributed by atoms with van der Waals surface area (Å²) in [5.41, 5.74) is 2.24. The number of carbonyl (C=O) groups is 1. The van der Waals surface area contributed by atoms with Gasteiger partial charge in [0.1, 0.15) is 17.2 Å². The fourth-order valence-electron chi connectivity index (χ4n) is 3.70. The van der Waals surface area contributed by atoms with Crippen LogP contribution in [0.5, 0.6) is 0 Å². The number of nitrogens with zero attached hydrogens (tertiary/aromatic N) is 2. The normalized spacial score (nSPS) is 12.0. The lowest BCUT2D eigenvalue weighted by Gasteiger charge is -2.18. The Morgan fingerprint density at radius 2 is 1.82 bits per heavy atom. The van der Waals surface area contributed by atoms with Gasteiger partial charge in [0.25, 0.3) is 5.56 Å². The lowest BCUT2D eigenvalue weighted by Crippen LogP contribution is -2.35. The highest BCUT2D eigenvalue weighted by molar-refractivity contribution is 7.17. The largest absolute Gasteiger partial charge is 0.343 e. The number of benzene rings is 2. The Morgan fingerprint density at radius 3 is 2.55 bits per heavy atom. The van der Waals surface area contributed by atoms with Crippen molar-refractivity contribution < 1.29 is 9.18 Å². The third-order valence-electron chi connectivity index (χ3n) is 5.30. The summed E-state index contributed by atoms with van der Waals surface area (Å²) in [5, 5.41) is 7.33. The molecule has 3 aromatic heterocycles. The molecule has 0 saturated heterocycles. The zero-order valence-electron chi connectivity index (χ0n) is 17.3. The van der Waals surface area contributed by atoms with Gasteiger partial charge in [0.15, 0.2) is 0 Å². The minimum atomic E-state index is -0.438. The highest BCUT2D eigenvalue weighted by Gasteiger charge is 2.20. The van der Waals surface area contributed by atoms with Gasteiger partial charge in [-0.15, -0.1) is 22.7 Å². The van der Waals surface area contributed by atoms with Crippen molar-refractivity contribution in [2.75, 3.05) is 0 Å². The zero-order chi connectivity index (χ0) is 22.8. The second-order valence-corrected chi connectivity index (χ2v) is 9.28. The minimum Gasteiger partial charge on any atom is -0.343 e. The van der Waals surface area contributed by atoms with Crippen LogP contribution in [-0.4, -0.2) is 15.5 Å². The van der Waals surface area contributed by atoms with E-state index in [1.165, 1.54) is 45.7 Å². The molecule has 1 atom stereocenters. The van der Waals surface area contributed by atoms with E-state index in [0.717, 1.165) is 21.6 Å². The summed E-state index contributed by atoms with van der Waals surface area (Å²) in [5.74, 6) is -0.677. The molecule has 164 valence electrons. The second kappa shape index (κ2) is 9.09. The van der Waals surface area contributed by atoms with E-state index in [1.807, 2.05) is 53.2 Å². The van der Waals surface area contributed by atoms with Crippen molar-refractivity contribution in [2.45, 2.75) is 12.6 Å². The smallest absolute Gasteiger partial charge is 0.263 e. The van der Waals surface area contributed by atoms with E-state index in [1.54, 1.807) is 12.1 Å². The van der Waals surface area contributed by atoms with Crippen molar-refractivity contribution in [3.05, 3.63) is 110 Å². The van der Waals surface area contributed by atoms with E-state index >= 15 is 0 Å². The Bertz CT molecular complexity index is 1460. The van der Waals surface area contributed by atoms with Gasteiger partial charge in [-0.3, -0.25) is 14.2 Å². The van der Waals surface area contributed by atoms with Crippen LogP contribution in [0, 0.1) is 5.82 Å². The first-order valence-corrected chi connectivity index (χ1v) is 12.0. The van der Waals surface area contributed by atoms with Crippen LogP contribution in [0.2, 0.25) is 0 Å². The fraction of sp³-hybridized carbons (Fsp3) is 0.0800. The number of aromatic nitrogens is 2. The topological polar surface area (TPSA) is 64.0 Å². The zero-order valence-corrected chi connectivity index (χ0v) is 18.9. The van der Waals surface area contributed by atoms with E-state index in [9.17, 15) is 14.0 Å². The van der Waals surface area contributed by atoms with E-state index < -0.39 is 6.04 Å². The number of rotatable bonds is 6. The predicted octanol–water partition coefficient (Wildman–Crippen LogP) is 5.23. The summed E-state index contributed by atoms with van der Waals surface area (Å²) in [7, 11) is 0. The van der Waals surface area contributed by atoms with Crippen LogP contribution in [0.3, 0.4) is 0 Å². The number of amides is 1. The van der Waals surface area contributed by atoms with Crippen molar-refractivity contribution in [1.82, 2.24) is 14.9 Å². The molecule has 0 aliphatic carbocycles. The van der Waals surface area contributed by atoms with Crippen molar-refractivity contribution in [2.24, 2.45) is 0 Å². The first-order valence-electron chi connectivity index (χ1n) is 10.2. The highest BCUT2D eigenvalue weighted by atomic mass is 32.1. The number of hydrogen-bond donors (Lipinski definition) is 1. The van der Waals surface area contributed by atoms with Gasteiger partial charge in [-0.25, -0.2) is 9.37 Å². The molecule has 33 heavy (non-hydrogen) atoms. The molecule has 0 fully saturated rings. The van der Waals surface area contributed by atoms with Crippen LogP contribution in [-0.2, 0) is 11.3 Å². The maximum atomic E-state index is 13.4. The van der Waals surface area contributed by atoms with Gasteiger partial charge in [-0.1, -0.05) is 48.5 Å². The van der Waals surface area contributed by atoms with Crippen LogP contribution in [0.15, 0.2) is 88.6 Å². The molecule has 5 aromatic rings. The van der Waals surface area contributed by atoms with Gasteiger partial charge in [0.2, 0.25) is 5.91 Å². The lowest BCUT2D eigenvalue weighted by atomic mass is 10.1. The molecule has 1 N–H and O–H groups in total. The standard InChI is InChI=1S/C25H18FN3O2S2/c26-18-10-8-17(9-11-18)23(20-7-4-12-32-20)28-21(30)13-29-15-27-24-22(25(29)31)19(14-33-24)16-5-2-1-3-6-16/h1-12,14-15,23H,13H2,(H,28,30). The molecule has 1 unspecified atom stereocenters. The van der Waals surface area contributed by atoms with Crippen LogP contribution in [0.25, 0.3) is 21.3 Å². The molecule has 0 radical (unpaired) electrons. The maximum Gasteiger partial charge on any atom is 0.263 e. The van der Waals surface area contributed by atoms with Gasteiger partial charge >= 0.3 is 0 Å². The molecule has 0 saturated carbocycles. The lowest BCUT2D eigenvalue weighted by molar-refractivity contribution is -0.122. The Kier molecular flexibility index (Phi) is 5.85. The summed E-state index contributed by atoms with van der Waals surface area (Å²) in [6.45, 7) is -0.172. The number of fused-ring (bicyclic) bond motifs is 1. The van der Waals surface area contributed by atoms with Crippen LogP contribution in [0.4, 0.5) is 4.39 Å². The third kappa shape index (κ3) is 4.35. The summed E-state index contributed by atoms with van der Waals surface area (Å²) in [6, 6.07) is 19.0. The number of hydrogen-bond acceptors (Lipinski definition) is 5. The number of nitrogens with one attached hydrogen (secondary N) is 1. The SMILES string of the molecule is O=C(Cn1cnc2scc(-c3ccccc3)c2c1=O)NC(c1ccc(F)cc1)c1cccs1. The average Bonchev–Trinajstić information content (AvgIpc) is 3.51. The van der Waals surface area contributed by atoms with Crippen LogP contribution < -0.4 is 10.9 Å². The second-order valence-electron chi connectivity index (χ2n) is 7.44. The molecule has 8 heteroatoms. The summed E-state index contributed by atoms with van der Waals surface area (Å²) >= 11 is 2.90. The first kappa shape index (κ1) is 21.2. The summed E-state index contributed by atoms with van der Waals surface area (Å²) in [4.78, 5) is 32.2. The van der Waals surface area contributed by atoms with Gasteiger partial charge in [-0.05, 0) is 34.7 Å². The predicted molar refractivity (Wildman–Crippen MR) is 130 cm³/mol. The number of thiophene rings is 2. The fourth-order valence-corrected chi connectivity index (χ4v) is 5.41. The summed E-state index contributed by atoms with van der Waals surface area (Å²) < 4.78 is 14.7. The molecule has 0 bridgehead atoms. The van der Waals surface area contributed by atoms with E-state index in [0.29, 0.717) is 10.2 Å². The molecule has 1 amide bonds. The molecule has 0 spiro atoms. The van der Waals surface area contributed by atoms with Crippen LogP contribution >= 0.6 is 22.7 Å². The van der Waals surface area contributed by atoms with E-state index in [-0.39, 0.29) is 23.8 Å². The minimum absolute atomic E-state index is 0.172. The van der Waals surface area contributed by atoms with E-state index in [4.69, 9.17) is 0 Å². The quantitative estimate of drug-likeness (QED) is 0.366. The van der Waals surface area contributed by atoms with Gasteiger partial charge < -0.3 is 5.32 Å². The van der Waals surface area contributed by atoms with Gasteiger partial charge in [0.05, 0.1) is 17.8 Å². The number of halogens is 1. The van der Waals surface area contributed by atoms with Crippen molar-refractivity contribution in [3.63, 3.8) is 0 Å². The molecule has 5 nitrogen and oxygen atoms in total. The first-order chi connectivity index (χ1) is 16.1. The molecule has 2 aromatic carbocycles. The molecular weight excluding hydrogens is 457 g/mol. The average molecular weight is 476 g/mol. The Hall–Kier alpha value is -3.62. The monoisotopic (exact) mass is 475 g/mol. The summed E-state index contributed by atoms with van der Waals surface area (Å²) in [6.07, 6.45) is 1.41. The molecule has 0 aliphatic rings. The third-order valence-corrected chi connectivity index (χ3v) is 7.12. The molecule has 5 rings (SSSR count). The molecule has 3 heterocycles. The van der Waals surface area contributed by atoms with E-state index in [2.05, 4.69) is 10.3 Å². The highest BCUT2D eigenvalue weighted by Crippen LogP contribution is 2.30. The Balaban J connectivity index is 1.44. The number of carbonyl (C=O) groups excluding carboxylic acids is 1. The Morgan fingerprint density at radius 1 is 1.03 bits per heavy atom. The molecular formula is C25H18FN3O2S2. The van der Waals surface area contributed by atoms with Crippen molar-refractivity contribution >= 4 is 38.8 Å². The van der Waals surface area contributed by atoms with Gasteiger partial charge in [-0.2, -0.15) is 0 Å². The van der Waals surface area contributed by atoms with Crippen molar-refractivity contribution in [3.8, 4) is 11.1 Å². The maximum absolute atomic E-state index is 13.4. The van der Waals surface area contributed by atoms with Crippen molar-refractivity contribution in [1.29, 1.82) is 0 Å². The van der Waals surface area contributed by atoms with Gasteiger partial charge in [0, 0.05) is 15.8 Å². The van der Waals surface area contributed by atoms with Crippen LogP contribution in [0.1, 0.15) is 16.5 Å². The Labute approximate surface area is 196 Å². The molecule has 0 aliphatic heterocycles.